The Labute approximate surface area is 173 Å². The van der Waals surface area contributed by atoms with Crippen molar-refractivity contribution in [2.24, 2.45) is 0 Å². The maximum atomic E-state index is 5.82. The van der Waals surface area contributed by atoms with Gasteiger partial charge >= 0.3 is 0 Å². The molecule has 154 valence electrons. The van der Waals surface area contributed by atoms with Crippen molar-refractivity contribution in [2.45, 2.75) is 11.7 Å². The van der Waals surface area contributed by atoms with Gasteiger partial charge in [0.25, 0.3) is 0 Å². The van der Waals surface area contributed by atoms with Crippen LogP contribution in [0, 0.1) is 0 Å². The zero-order valence-electron chi connectivity index (χ0n) is 16.3. The van der Waals surface area contributed by atoms with E-state index in [1.54, 1.807) is 25.1 Å². The monoisotopic (exact) mass is 416 g/mol. The lowest BCUT2D eigenvalue weighted by Crippen LogP contribution is -2.38. The van der Waals surface area contributed by atoms with Crippen molar-refractivity contribution in [3.63, 3.8) is 0 Å². The molecule has 8 nitrogen and oxygen atoms in total. The lowest BCUT2D eigenvalue weighted by Gasteiger charge is -2.27. The summed E-state index contributed by atoms with van der Waals surface area (Å²) in [5.74, 6) is 4.11. The Morgan fingerprint density at radius 1 is 1.07 bits per heavy atom. The number of furan rings is 1. The molecule has 1 aromatic carbocycles. The Balaban J connectivity index is 1.39. The van der Waals surface area contributed by atoms with Crippen LogP contribution in [0.1, 0.15) is 5.76 Å². The number of anilines is 1. The molecule has 0 saturated carbocycles. The van der Waals surface area contributed by atoms with Crippen LogP contribution < -0.4 is 14.4 Å². The smallest absolute Gasteiger partial charge is 0.228 e. The number of aromatic nitrogens is 3. The molecule has 0 unspecified atom stereocenters. The minimum absolute atomic E-state index is 0.567. The minimum atomic E-state index is 0.567. The van der Waals surface area contributed by atoms with E-state index < -0.39 is 0 Å². The topological polar surface area (TPSA) is 74.8 Å². The van der Waals surface area contributed by atoms with Crippen molar-refractivity contribution in [3.8, 4) is 11.5 Å². The third-order valence-electron chi connectivity index (χ3n) is 4.53. The Morgan fingerprint density at radius 2 is 1.86 bits per heavy atom. The quantitative estimate of drug-likeness (QED) is 0.389. The number of rotatable bonds is 9. The molecule has 0 N–H and O–H groups in total. The molecule has 1 aliphatic heterocycles. The maximum Gasteiger partial charge on any atom is 0.228 e. The Hall–Kier alpha value is -2.65. The maximum absolute atomic E-state index is 5.82. The van der Waals surface area contributed by atoms with Crippen LogP contribution in [0.3, 0.4) is 0 Å². The van der Waals surface area contributed by atoms with Crippen molar-refractivity contribution >= 4 is 17.7 Å². The van der Waals surface area contributed by atoms with Gasteiger partial charge in [0, 0.05) is 18.8 Å². The van der Waals surface area contributed by atoms with Crippen LogP contribution in [0.4, 0.5) is 5.95 Å². The number of thioether (sulfide) groups is 1. The molecule has 0 spiro atoms. The van der Waals surface area contributed by atoms with E-state index in [9.17, 15) is 0 Å². The van der Waals surface area contributed by atoms with Gasteiger partial charge in [-0.05, 0) is 36.4 Å². The first kappa shape index (κ1) is 19.7. The predicted octanol–water partition coefficient (Wildman–Crippen LogP) is 2.94. The Morgan fingerprint density at radius 3 is 2.59 bits per heavy atom. The summed E-state index contributed by atoms with van der Waals surface area (Å²) in [5.41, 5.74) is 0. The van der Waals surface area contributed by atoms with Gasteiger partial charge < -0.3 is 23.5 Å². The average Bonchev–Trinajstić information content (AvgIpc) is 3.43. The molecule has 3 heterocycles. The highest BCUT2D eigenvalue weighted by atomic mass is 32.2. The second-order valence-electron chi connectivity index (χ2n) is 6.42. The number of ether oxygens (including phenoxy) is 3. The van der Waals surface area contributed by atoms with E-state index in [0.29, 0.717) is 26.4 Å². The summed E-state index contributed by atoms with van der Waals surface area (Å²) in [6.07, 6.45) is 1.68. The summed E-state index contributed by atoms with van der Waals surface area (Å²) in [6, 6.07) is 11.4. The Bertz CT molecular complexity index is 877. The van der Waals surface area contributed by atoms with Gasteiger partial charge in [0.2, 0.25) is 5.95 Å². The number of benzene rings is 1. The van der Waals surface area contributed by atoms with E-state index >= 15 is 0 Å². The van der Waals surface area contributed by atoms with Gasteiger partial charge in [0.05, 0.1) is 39.7 Å². The zero-order chi connectivity index (χ0) is 19.9. The molecule has 4 rings (SSSR count). The molecule has 29 heavy (non-hydrogen) atoms. The number of hydrogen-bond donors (Lipinski definition) is 0. The van der Waals surface area contributed by atoms with Gasteiger partial charge in [0.1, 0.15) is 17.3 Å². The van der Waals surface area contributed by atoms with Crippen molar-refractivity contribution < 1.29 is 18.6 Å². The summed E-state index contributed by atoms with van der Waals surface area (Å²) in [7, 11) is 1.65. The summed E-state index contributed by atoms with van der Waals surface area (Å²) in [5, 5.41) is 9.71. The standard InChI is InChI=1S/C20H24N4O4S/c1-25-16-4-6-17(7-5-16)28-13-14-29-20-22-21-19(23-8-11-26-12-9-23)24(20)15-18-3-2-10-27-18/h2-7,10H,8-9,11-15H2,1H3. The first-order chi connectivity index (χ1) is 14.3. The molecule has 1 saturated heterocycles. The number of morpholine rings is 1. The summed E-state index contributed by atoms with van der Waals surface area (Å²) >= 11 is 1.62. The van der Waals surface area contributed by atoms with Crippen molar-refractivity contribution in [3.05, 3.63) is 48.4 Å². The predicted molar refractivity (Wildman–Crippen MR) is 110 cm³/mol. The van der Waals surface area contributed by atoms with Crippen molar-refractivity contribution in [2.75, 3.05) is 50.7 Å². The molecule has 0 aliphatic carbocycles. The third kappa shape index (κ3) is 5.04. The van der Waals surface area contributed by atoms with E-state index in [-0.39, 0.29) is 0 Å². The fourth-order valence-corrected chi connectivity index (χ4v) is 3.80. The van der Waals surface area contributed by atoms with Gasteiger partial charge in [0.15, 0.2) is 5.16 Å². The molecule has 2 aromatic heterocycles. The first-order valence-electron chi connectivity index (χ1n) is 9.51. The zero-order valence-corrected chi connectivity index (χ0v) is 17.1. The second kappa shape index (κ2) is 9.71. The van der Waals surface area contributed by atoms with Crippen LogP contribution in [0.2, 0.25) is 0 Å². The van der Waals surface area contributed by atoms with Crippen LogP contribution in [0.5, 0.6) is 11.5 Å². The average molecular weight is 417 g/mol. The largest absolute Gasteiger partial charge is 0.497 e. The van der Waals surface area contributed by atoms with Crippen LogP contribution in [-0.2, 0) is 11.3 Å². The van der Waals surface area contributed by atoms with Crippen LogP contribution in [-0.4, -0.2) is 60.5 Å². The molecule has 3 aromatic rings. The minimum Gasteiger partial charge on any atom is -0.497 e. The fraction of sp³-hybridized carbons (Fsp3) is 0.400. The van der Waals surface area contributed by atoms with Gasteiger partial charge in [-0.3, -0.25) is 4.57 Å². The number of nitrogens with zero attached hydrogens (tertiary/aromatic N) is 4. The van der Waals surface area contributed by atoms with E-state index in [4.69, 9.17) is 18.6 Å². The van der Waals surface area contributed by atoms with Crippen LogP contribution >= 0.6 is 11.8 Å². The van der Waals surface area contributed by atoms with E-state index in [2.05, 4.69) is 19.7 Å². The molecular weight excluding hydrogens is 392 g/mol. The van der Waals surface area contributed by atoms with Gasteiger partial charge in [-0.15, -0.1) is 10.2 Å². The molecule has 9 heteroatoms. The van der Waals surface area contributed by atoms with Gasteiger partial charge in [-0.25, -0.2) is 0 Å². The van der Waals surface area contributed by atoms with Crippen LogP contribution in [0.15, 0.2) is 52.2 Å². The Kier molecular flexibility index (Phi) is 6.58. The van der Waals surface area contributed by atoms with Crippen molar-refractivity contribution in [1.29, 1.82) is 0 Å². The van der Waals surface area contributed by atoms with Gasteiger partial charge in [-0.1, -0.05) is 11.8 Å². The highest BCUT2D eigenvalue weighted by molar-refractivity contribution is 7.99. The lowest BCUT2D eigenvalue weighted by molar-refractivity contribution is 0.121. The molecule has 0 amide bonds. The van der Waals surface area contributed by atoms with E-state index in [1.807, 2.05) is 36.4 Å². The highest BCUT2D eigenvalue weighted by Gasteiger charge is 2.21. The third-order valence-corrected chi connectivity index (χ3v) is 5.46. The van der Waals surface area contributed by atoms with E-state index in [0.717, 1.165) is 47.2 Å². The summed E-state index contributed by atoms with van der Waals surface area (Å²) in [4.78, 5) is 2.21. The molecule has 1 aliphatic rings. The molecular formula is C20H24N4O4S. The molecule has 0 bridgehead atoms. The molecule has 1 fully saturated rings. The van der Waals surface area contributed by atoms with Gasteiger partial charge in [-0.2, -0.15) is 0 Å². The number of methoxy groups -OCH3 is 1. The lowest BCUT2D eigenvalue weighted by atomic mass is 10.3. The van der Waals surface area contributed by atoms with Crippen molar-refractivity contribution in [1.82, 2.24) is 14.8 Å². The summed E-state index contributed by atoms with van der Waals surface area (Å²) in [6.45, 7) is 4.17. The SMILES string of the molecule is COc1ccc(OCCSc2nnc(N3CCOCC3)n2Cc2ccco2)cc1. The second-order valence-corrected chi connectivity index (χ2v) is 7.48. The fourth-order valence-electron chi connectivity index (χ4n) is 3.05. The highest BCUT2D eigenvalue weighted by Crippen LogP contribution is 2.25. The number of hydrogen-bond acceptors (Lipinski definition) is 8. The normalized spacial score (nSPS) is 14.2. The summed E-state index contributed by atoms with van der Waals surface area (Å²) < 4.78 is 24.1. The van der Waals surface area contributed by atoms with E-state index in [1.165, 1.54) is 0 Å². The molecule has 0 atom stereocenters. The van der Waals surface area contributed by atoms with Crippen LogP contribution in [0.25, 0.3) is 0 Å². The first-order valence-corrected chi connectivity index (χ1v) is 10.5. The molecule has 0 radical (unpaired) electrons.